The molecule has 27 nitrogen and oxygen atoms in total. The Morgan fingerprint density at radius 3 is 0.991 bits per heavy atom. The van der Waals surface area contributed by atoms with Crippen LogP contribution in [0, 0.1) is 10.1 Å². The van der Waals surface area contributed by atoms with Gasteiger partial charge >= 0.3 is 54.2 Å². The Labute approximate surface area is 723 Å². The lowest BCUT2D eigenvalue weighted by molar-refractivity contribution is -0.400. The van der Waals surface area contributed by atoms with Crippen molar-refractivity contribution in [3.63, 3.8) is 0 Å². The number of benzene rings is 10. The molecule has 0 atom stereocenters. The molecule has 10 aromatic rings. The van der Waals surface area contributed by atoms with Crippen LogP contribution in [0.3, 0.4) is 0 Å². The summed E-state index contributed by atoms with van der Waals surface area (Å²) in [6.07, 6.45) is 1.64. The van der Waals surface area contributed by atoms with E-state index < -0.39 is 59.1 Å². The van der Waals surface area contributed by atoms with Crippen molar-refractivity contribution in [1.29, 1.82) is 0 Å². The minimum atomic E-state index is -1.11. The van der Waals surface area contributed by atoms with Crippen LogP contribution in [-0.4, -0.2) is 126 Å². The van der Waals surface area contributed by atoms with Gasteiger partial charge in [0.2, 0.25) is 6.20 Å². The molecule has 0 aliphatic carbocycles. The first-order chi connectivity index (χ1) is 55.9. The highest BCUT2D eigenvalue weighted by Crippen LogP contribution is 2.30. The molecule has 0 aromatic heterocycles. The van der Waals surface area contributed by atoms with E-state index in [1.807, 2.05) is 36.4 Å². The number of aldehydes is 1. The van der Waals surface area contributed by atoms with Gasteiger partial charge in [-0.25, -0.2) is 43.2 Å². The maximum absolute atomic E-state index is 12.0. The van der Waals surface area contributed by atoms with Gasteiger partial charge < -0.3 is 68.3 Å². The van der Waals surface area contributed by atoms with E-state index in [2.05, 4.69) is 97.5 Å². The molecular weight excluding hydrogens is 1870 g/mol. The predicted molar refractivity (Wildman–Crippen MR) is 450 cm³/mol. The van der Waals surface area contributed by atoms with Gasteiger partial charge in [0, 0.05) is 36.1 Å². The Morgan fingerprint density at radius 2 is 0.684 bits per heavy atom. The molecule has 4 N–H and O–H groups in total. The minimum Gasteiger partial charge on any atom is -0.507 e. The van der Waals surface area contributed by atoms with E-state index >= 15 is 0 Å². The van der Waals surface area contributed by atoms with Crippen LogP contribution in [0.25, 0.3) is 6.08 Å². The summed E-state index contributed by atoms with van der Waals surface area (Å²) in [6, 6.07) is 58.4. The summed E-state index contributed by atoms with van der Waals surface area (Å²) in [5, 5.41) is 24.2. The number of methoxy groups -OCH3 is 6. The van der Waals surface area contributed by atoms with Crippen LogP contribution in [0.4, 0.5) is 14.4 Å². The summed E-state index contributed by atoms with van der Waals surface area (Å²) in [5.74, 6) is -3.73. The highest BCUT2D eigenvalue weighted by atomic mass is 79.9. The van der Waals surface area contributed by atoms with Crippen LogP contribution in [-0.2, 0) is 41.3 Å². The van der Waals surface area contributed by atoms with Crippen molar-refractivity contribution in [2.24, 2.45) is 5.73 Å². The molecule has 0 fully saturated rings. The summed E-state index contributed by atoms with van der Waals surface area (Å²) in [4.78, 5) is 125. The van der Waals surface area contributed by atoms with E-state index in [0.29, 0.717) is 45.7 Å². The summed E-state index contributed by atoms with van der Waals surface area (Å²) >= 11 is 36.4. The summed E-state index contributed by atoms with van der Waals surface area (Å²) < 4.78 is 56.1. The van der Waals surface area contributed by atoms with Crippen molar-refractivity contribution in [3.8, 4) is 34.5 Å². The van der Waals surface area contributed by atoms with Gasteiger partial charge in [0.25, 0.3) is 0 Å². The number of hydrogen-bond acceptors (Lipinski definition) is 25. The molecule has 0 saturated carbocycles. The van der Waals surface area contributed by atoms with Crippen molar-refractivity contribution >= 4 is 177 Å². The lowest BCUT2D eigenvalue weighted by atomic mass is 10.1. The van der Waals surface area contributed by atoms with E-state index in [-0.39, 0.29) is 67.9 Å². The third kappa shape index (κ3) is 34.4. The zero-order chi connectivity index (χ0) is 86.5. The van der Waals surface area contributed by atoms with Gasteiger partial charge in [-0.15, -0.1) is 0 Å². The molecule has 1 amide bonds. The number of nitro groups is 1. The Kier molecular flexibility index (Phi) is 44.2. The molecule has 35 heteroatoms. The number of phenolic OH excluding ortho intramolecular Hbond substituents is 1. The molecule has 0 radical (unpaired) electrons. The number of phenols is 1. The number of carbonyl (C=O) groups excluding carboxylic acids is 10. The highest BCUT2D eigenvalue weighted by molar-refractivity contribution is 9.11. The lowest BCUT2D eigenvalue weighted by Gasteiger charge is -2.10. The van der Waals surface area contributed by atoms with Crippen LogP contribution >= 0.6 is 110 Å². The monoisotopic (exact) mass is 1930 g/mol. The lowest BCUT2D eigenvalue weighted by Crippen LogP contribution is -2.29. The van der Waals surface area contributed by atoms with Crippen LogP contribution in [0.15, 0.2) is 242 Å². The number of para-hydroxylation sites is 6. The first-order valence-electron chi connectivity index (χ1n) is 33.2. The molecule has 10 aromatic carbocycles. The van der Waals surface area contributed by atoms with Crippen LogP contribution in [0.5, 0.6) is 34.5 Å². The molecule has 0 bridgehead atoms. The maximum Gasteiger partial charge on any atom is 0.519 e. The fourth-order valence-corrected chi connectivity index (χ4v) is 10.4. The molecule has 0 unspecified atom stereocenters. The molecular formula is C82H69Br4Cl4N3O24. The number of amides is 1. The van der Waals surface area contributed by atoms with E-state index in [4.69, 9.17) is 80.9 Å². The quantitative estimate of drug-likeness (QED) is 0.0169. The maximum atomic E-state index is 12.0. The number of aromatic hydroxyl groups is 1. The molecule has 612 valence electrons. The summed E-state index contributed by atoms with van der Waals surface area (Å²) in [6.45, 7) is 1.04. The molecule has 10 rings (SSSR count). The van der Waals surface area contributed by atoms with E-state index in [9.17, 15) is 58.1 Å². The standard InChI is InChI=1S/C17H15BrClNO4.2C17H14O7.C8H5BrClNO2.C8H9BrClN.C8H8O3.C7H4BrClO/c1-23-16(21)12-4-2-3-5-15(12)24-17(22)20-9-8-11-6-7-13(18)14(19)10-11;2*1-21-15(18)11-7-3-5-9-13(11)23-17(20)24-14-10-6-4-8-12(14)16(19)22-2;9-7-2-1-6(5-8(7)10)3-4-11(12)13;9-7-2-1-6(3-4-11)5-8(7)10;1-11-8(10)6-4-2-3-5-7(6)9;8-6-2-1-5(4-10)3-7(6)9/h2-7,10H,8-9H2,1H3,(H,20,22);2*3-10H,1-2H3;1-5H;1-2,5H,3-4,11H2;2-5,9H,1H3;1-4H/b;;;4-3+;;;. The molecule has 0 aliphatic heterocycles. The second kappa shape index (κ2) is 52.9. The molecule has 0 spiro atoms. The zero-order valence-electron chi connectivity index (χ0n) is 62.2. The SMILES string of the molecule is COC(=O)c1ccccc1O.COC(=O)c1ccccc1OC(=O)NCCc1ccc(Br)c(Cl)c1.COC(=O)c1ccccc1OC(=O)Oc1ccccc1C(=O)OC.COC(=O)c1ccccc1OC(=O)Oc1ccccc1C(=O)OC.NCCc1ccc(Br)c(Cl)c1.O=Cc1ccc(Br)c(Cl)c1.O=[N+]([O-])/C=C/c1ccc(Br)c(Cl)c1. The number of nitrogens with zero attached hydrogens (tertiary/aromatic N) is 1. The van der Waals surface area contributed by atoms with E-state index in [0.717, 1.165) is 47.4 Å². The van der Waals surface area contributed by atoms with E-state index in [1.54, 1.807) is 109 Å². The first-order valence-corrected chi connectivity index (χ1v) is 37.9. The van der Waals surface area contributed by atoms with Crippen molar-refractivity contribution in [2.75, 3.05) is 55.7 Å². The molecule has 0 aliphatic rings. The van der Waals surface area contributed by atoms with Gasteiger partial charge in [-0.05, 0) is 221 Å². The first kappa shape index (κ1) is 97.8. The fraction of sp³-hybridized carbons (Fsp3) is 0.122. The zero-order valence-corrected chi connectivity index (χ0v) is 71.6. The fourth-order valence-electron chi connectivity index (χ4n) is 8.68. The van der Waals surface area contributed by atoms with Crippen LogP contribution in [0.2, 0.25) is 20.1 Å². The number of ether oxygens (including phenoxy) is 11. The number of rotatable bonds is 19. The number of nitrogens with one attached hydrogen (secondary N) is 1. The summed E-state index contributed by atoms with van der Waals surface area (Å²) in [7, 11) is 7.39. The predicted octanol–water partition coefficient (Wildman–Crippen LogP) is 19.9. The largest absolute Gasteiger partial charge is 0.519 e. The van der Waals surface area contributed by atoms with Gasteiger partial charge in [-0.2, -0.15) is 0 Å². The number of hydrogen-bond donors (Lipinski definition) is 3. The molecule has 117 heavy (non-hydrogen) atoms. The second-order valence-corrected chi connectivity index (χ2v) is 27.1. The van der Waals surface area contributed by atoms with E-state index in [1.165, 1.54) is 127 Å². The minimum absolute atomic E-state index is 0.0232. The third-order valence-electron chi connectivity index (χ3n) is 14.2. The Hall–Kier alpha value is -11.5. The molecule has 0 heterocycles. The van der Waals surface area contributed by atoms with Crippen molar-refractivity contribution in [2.45, 2.75) is 12.8 Å². The number of carbonyl (C=O) groups is 10. The van der Waals surface area contributed by atoms with Gasteiger partial charge in [0.05, 0.1) is 67.7 Å². The van der Waals surface area contributed by atoms with Crippen molar-refractivity contribution in [3.05, 3.63) is 328 Å². The van der Waals surface area contributed by atoms with Crippen molar-refractivity contribution in [1.82, 2.24) is 5.32 Å². The van der Waals surface area contributed by atoms with Crippen LogP contribution in [0.1, 0.15) is 89.2 Å². The van der Waals surface area contributed by atoms with Gasteiger partial charge in [-0.1, -0.05) is 143 Å². The van der Waals surface area contributed by atoms with Gasteiger partial charge in [-0.3, -0.25) is 14.9 Å². The van der Waals surface area contributed by atoms with Crippen molar-refractivity contribution < 1.29 is 110 Å². The third-order valence-corrected chi connectivity index (χ3v) is 19.2. The smallest absolute Gasteiger partial charge is 0.507 e. The number of halogens is 8. The Balaban J connectivity index is 0.000000296. The van der Waals surface area contributed by atoms with Crippen LogP contribution < -0.4 is 34.7 Å². The topological polar surface area (TPSA) is 374 Å². The van der Waals surface area contributed by atoms with Gasteiger partial charge in [0.15, 0.2) is 0 Å². The Bertz CT molecular complexity index is 4880. The average Bonchev–Trinajstić information content (AvgIpc) is 0.843. The average molecular weight is 1940 g/mol. The second-order valence-electron chi connectivity index (χ2n) is 22.0. The highest BCUT2D eigenvalue weighted by Gasteiger charge is 2.23. The summed E-state index contributed by atoms with van der Waals surface area (Å²) in [5.41, 5.74) is 9.50. The number of esters is 6. The number of nitrogens with two attached hydrogens (primary N) is 1. The Morgan fingerprint density at radius 1 is 0.402 bits per heavy atom. The molecule has 0 saturated heterocycles. The normalized spacial score (nSPS) is 9.87. The van der Waals surface area contributed by atoms with Gasteiger partial charge in [0.1, 0.15) is 74.2 Å².